The normalized spacial score (nSPS) is 24.9. The number of hydrogen-bond acceptors (Lipinski definition) is 11. The van der Waals surface area contributed by atoms with Gasteiger partial charge in [-0.1, -0.05) is 11.6 Å². The zero-order valence-electron chi connectivity index (χ0n) is 25.8. The molecule has 0 saturated carbocycles. The van der Waals surface area contributed by atoms with Crippen LogP contribution in [0, 0.1) is 5.82 Å². The van der Waals surface area contributed by atoms with Crippen LogP contribution in [0.1, 0.15) is 26.2 Å². The molecule has 3 aliphatic rings. The average Bonchev–Trinajstić information content (AvgIpc) is 3.70. The summed E-state index contributed by atoms with van der Waals surface area (Å²) in [5.74, 6) is -0.369. The molecule has 0 aliphatic carbocycles. The maximum Gasteiger partial charge on any atom is 0.407 e. The number of rotatable bonds is 8. The van der Waals surface area contributed by atoms with Gasteiger partial charge in [0.05, 0.1) is 48.0 Å². The van der Waals surface area contributed by atoms with Gasteiger partial charge in [-0.2, -0.15) is 15.1 Å². The first-order valence-corrected chi connectivity index (χ1v) is 15.9. The van der Waals surface area contributed by atoms with Gasteiger partial charge in [0.25, 0.3) is 0 Å². The van der Waals surface area contributed by atoms with Crippen molar-refractivity contribution in [2.75, 3.05) is 64.1 Å². The van der Waals surface area contributed by atoms with Crippen LogP contribution in [0.15, 0.2) is 24.5 Å². The van der Waals surface area contributed by atoms with Gasteiger partial charge in [-0.05, 0) is 38.4 Å². The monoisotopic (exact) mass is 672 g/mol. The van der Waals surface area contributed by atoms with Crippen LogP contribution >= 0.6 is 11.6 Å². The molecule has 3 aromatic heterocycles. The van der Waals surface area contributed by atoms with Crippen LogP contribution in [-0.2, 0) is 9.47 Å². The van der Waals surface area contributed by atoms with Crippen molar-refractivity contribution >= 4 is 45.3 Å². The Morgan fingerprint density at radius 3 is 3.00 bits per heavy atom. The molecule has 0 bridgehead atoms. The van der Waals surface area contributed by atoms with Crippen molar-refractivity contribution in [3.05, 3.63) is 35.4 Å². The van der Waals surface area contributed by atoms with Crippen molar-refractivity contribution in [1.29, 1.82) is 0 Å². The number of benzene rings is 1. The van der Waals surface area contributed by atoms with Gasteiger partial charge in [0.15, 0.2) is 5.82 Å². The lowest BCUT2D eigenvalue weighted by molar-refractivity contribution is 0.0806. The largest absolute Gasteiger partial charge is 0.461 e. The summed E-state index contributed by atoms with van der Waals surface area (Å²) < 4.78 is 48.3. The number of nitrogens with zero attached hydrogens (tertiary/aromatic N) is 6. The highest BCUT2D eigenvalue weighted by atomic mass is 35.5. The van der Waals surface area contributed by atoms with E-state index in [0.29, 0.717) is 52.2 Å². The Hall–Kier alpha value is -3.92. The number of alkyl halides is 1. The van der Waals surface area contributed by atoms with Gasteiger partial charge in [0, 0.05) is 48.2 Å². The second-order valence-corrected chi connectivity index (χ2v) is 13.1. The number of aliphatic hydroxyl groups excluding tert-OH is 1. The third kappa shape index (κ3) is 6.12. The summed E-state index contributed by atoms with van der Waals surface area (Å²) in [5.41, 5.74) is -0.352. The van der Waals surface area contributed by atoms with E-state index in [-0.39, 0.29) is 56.8 Å². The molecular formula is C31H35ClF2N8O5. The number of pyridine rings is 1. The minimum absolute atomic E-state index is 0.0237. The van der Waals surface area contributed by atoms with Crippen LogP contribution in [0.25, 0.3) is 33.1 Å². The van der Waals surface area contributed by atoms with Crippen LogP contribution < -0.4 is 15.0 Å². The molecule has 47 heavy (non-hydrogen) atoms. The number of carbonyl (C=O) groups excluding carboxylic acids is 1. The first-order valence-electron chi connectivity index (χ1n) is 15.6. The number of halogens is 3. The Morgan fingerprint density at radius 1 is 1.28 bits per heavy atom. The van der Waals surface area contributed by atoms with Crippen LogP contribution in [0.3, 0.4) is 0 Å². The summed E-state index contributed by atoms with van der Waals surface area (Å²) in [6, 6.07) is 3.26. The molecule has 3 saturated heterocycles. The number of aliphatic hydroxyl groups is 1. The molecule has 4 aromatic rings. The number of anilines is 1. The van der Waals surface area contributed by atoms with Gasteiger partial charge >= 0.3 is 12.1 Å². The Labute approximate surface area is 273 Å². The molecule has 3 N–H and O–H groups in total. The van der Waals surface area contributed by atoms with Crippen molar-refractivity contribution in [2.24, 2.45) is 0 Å². The molecule has 3 fully saturated rings. The molecule has 250 valence electrons. The second-order valence-electron chi connectivity index (χ2n) is 12.7. The number of amides is 1. The van der Waals surface area contributed by atoms with Crippen LogP contribution in [0.2, 0.25) is 5.02 Å². The zero-order chi connectivity index (χ0) is 32.8. The van der Waals surface area contributed by atoms with Crippen molar-refractivity contribution in [3.63, 3.8) is 0 Å². The number of aromatic nitrogens is 5. The molecule has 3 atom stereocenters. The van der Waals surface area contributed by atoms with E-state index in [1.54, 1.807) is 25.3 Å². The molecule has 0 spiro atoms. The lowest BCUT2D eigenvalue weighted by Crippen LogP contribution is -2.55. The molecule has 3 aliphatic heterocycles. The van der Waals surface area contributed by atoms with Gasteiger partial charge in [0.1, 0.15) is 36.4 Å². The summed E-state index contributed by atoms with van der Waals surface area (Å²) in [6.45, 7) is 3.64. The molecule has 1 aromatic carbocycles. The van der Waals surface area contributed by atoms with E-state index < -0.39 is 29.2 Å². The number of hydrogen-bond donors (Lipinski definition) is 3. The molecule has 1 amide bonds. The van der Waals surface area contributed by atoms with Gasteiger partial charge in [-0.25, -0.2) is 13.6 Å². The lowest BCUT2D eigenvalue weighted by atomic mass is 9.95. The fourth-order valence-corrected chi connectivity index (χ4v) is 7.29. The topological polar surface area (TPSA) is 151 Å². The highest BCUT2D eigenvalue weighted by Crippen LogP contribution is 2.41. The van der Waals surface area contributed by atoms with E-state index >= 15 is 4.39 Å². The maximum atomic E-state index is 16.7. The molecule has 13 nitrogen and oxygen atoms in total. The van der Waals surface area contributed by atoms with Crippen molar-refractivity contribution in [3.8, 4) is 17.3 Å². The van der Waals surface area contributed by atoms with E-state index in [2.05, 4.69) is 30.4 Å². The predicted octanol–water partition coefficient (Wildman–Crippen LogP) is 3.63. The molecule has 16 heteroatoms. The first kappa shape index (κ1) is 31.7. The molecule has 1 unspecified atom stereocenters. The summed E-state index contributed by atoms with van der Waals surface area (Å²) in [4.78, 5) is 30.3. The second kappa shape index (κ2) is 12.6. The number of carbonyl (C=O) groups is 1. The smallest absolute Gasteiger partial charge is 0.407 e. The Kier molecular flexibility index (Phi) is 8.49. The number of aromatic amines is 1. The van der Waals surface area contributed by atoms with Gasteiger partial charge in [-0.3, -0.25) is 15.0 Å². The van der Waals surface area contributed by atoms with Gasteiger partial charge < -0.3 is 29.5 Å². The highest BCUT2D eigenvalue weighted by molar-refractivity contribution is 6.31. The average molecular weight is 673 g/mol. The molecule has 7 rings (SSSR count). The zero-order valence-corrected chi connectivity index (χ0v) is 26.5. The third-order valence-corrected chi connectivity index (χ3v) is 9.37. The SMILES string of the molecule is C[C@@]1(NC(=O)OCCO)COCCN(c2nc(OCC34CCCN3C[C@H](F)C4)nc3c(F)c(-c4cc(Cl)cc5[nH]ncc45)ncc23)C1. The number of H-pyrrole nitrogens is 1. The highest BCUT2D eigenvalue weighted by Gasteiger charge is 2.49. The van der Waals surface area contributed by atoms with Crippen LogP contribution in [0.5, 0.6) is 6.01 Å². The van der Waals surface area contributed by atoms with E-state index in [4.69, 9.17) is 35.9 Å². The lowest BCUT2D eigenvalue weighted by Gasteiger charge is -2.33. The van der Waals surface area contributed by atoms with Crippen molar-refractivity contribution < 1.29 is 32.9 Å². The van der Waals surface area contributed by atoms with Crippen LogP contribution in [-0.4, -0.2) is 118 Å². The molecule has 0 radical (unpaired) electrons. The van der Waals surface area contributed by atoms with E-state index in [9.17, 15) is 9.18 Å². The summed E-state index contributed by atoms with van der Waals surface area (Å²) in [5, 5.41) is 20.2. The van der Waals surface area contributed by atoms with Crippen LogP contribution in [0.4, 0.5) is 19.4 Å². The number of nitrogens with one attached hydrogen (secondary N) is 2. The Bertz CT molecular complexity index is 1810. The minimum atomic E-state index is -0.943. The van der Waals surface area contributed by atoms with Crippen molar-refractivity contribution in [2.45, 2.75) is 43.4 Å². The molecule has 6 heterocycles. The number of fused-ring (bicyclic) bond motifs is 3. The fourth-order valence-electron chi connectivity index (χ4n) is 7.07. The third-order valence-electron chi connectivity index (χ3n) is 9.15. The van der Waals surface area contributed by atoms with E-state index in [1.807, 2.05) is 4.90 Å². The predicted molar refractivity (Wildman–Crippen MR) is 169 cm³/mol. The number of alkyl carbamates (subject to hydrolysis) is 1. The summed E-state index contributed by atoms with van der Waals surface area (Å²) in [7, 11) is 0. The molecular weight excluding hydrogens is 638 g/mol. The van der Waals surface area contributed by atoms with Crippen molar-refractivity contribution in [1.82, 2.24) is 35.4 Å². The summed E-state index contributed by atoms with van der Waals surface area (Å²) in [6.07, 6.45) is 3.50. The van der Waals surface area contributed by atoms with Gasteiger partial charge in [0.2, 0.25) is 0 Å². The number of ether oxygens (including phenoxy) is 3. The Balaban J connectivity index is 1.30. The fraction of sp³-hybridized carbons (Fsp3) is 0.516. The summed E-state index contributed by atoms with van der Waals surface area (Å²) >= 11 is 6.37. The quantitative estimate of drug-likeness (QED) is 0.252. The first-order chi connectivity index (χ1) is 22.7. The minimum Gasteiger partial charge on any atom is -0.461 e. The van der Waals surface area contributed by atoms with E-state index in [1.165, 1.54) is 6.20 Å². The van der Waals surface area contributed by atoms with E-state index in [0.717, 1.165) is 19.4 Å². The maximum absolute atomic E-state index is 16.7. The Morgan fingerprint density at radius 2 is 2.15 bits per heavy atom. The van der Waals surface area contributed by atoms with Gasteiger partial charge in [-0.15, -0.1) is 0 Å². The standard InChI is InChI=1S/C31H35ClF2N8O5/c1-30(39-29(44)46-8-6-43)15-41(5-7-45-16-30)27-22-12-35-25(20-9-18(32)10-23-21(20)13-36-40-23)24(34)26(22)37-28(38-27)47-17-31-3-2-4-42(31)14-19(33)11-31/h9-10,12-13,19,43H,2-8,11,14-17H2,1H3,(H,36,40)(H,39,44)/t19-,30+,31?/m1/s1.